The zero-order valence-corrected chi connectivity index (χ0v) is 10.3. The summed E-state index contributed by atoms with van der Waals surface area (Å²) in [6.45, 7) is 6.13. The molecule has 1 fully saturated rings. The van der Waals surface area contributed by atoms with E-state index >= 15 is 0 Å². The van der Waals surface area contributed by atoms with E-state index in [1.54, 1.807) is 4.90 Å². The third-order valence-electron chi connectivity index (χ3n) is 3.15. The van der Waals surface area contributed by atoms with Crippen LogP contribution in [0.5, 0.6) is 0 Å². The summed E-state index contributed by atoms with van der Waals surface area (Å²) in [7, 11) is 0. The number of hydrogen-bond acceptors (Lipinski definition) is 4. The predicted molar refractivity (Wildman–Crippen MR) is 63.5 cm³/mol. The van der Waals surface area contributed by atoms with Crippen LogP contribution in [0.15, 0.2) is 0 Å². The fraction of sp³-hybridized carbons (Fsp3) is 0.727. The van der Waals surface area contributed by atoms with E-state index in [-0.39, 0.29) is 17.6 Å². The first kappa shape index (κ1) is 12.0. The van der Waals surface area contributed by atoms with Gasteiger partial charge in [0.15, 0.2) is 0 Å². The Kier molecular flexibility index (Phi) is 3.42. The van der Waals surface area contributed by atoms with Gasteiger partial charge in [-0.05, 0) is 18.9 Å². The molecule has 3 N–H and O–H groups in total. The standard InChI is InChI=1S/C11H19N5O/c1-7(2)9-13-10(15-14-9)11(17)16-4-3-8(5-12)6-16/h7-8H,3-6,12H2,1-2H3,(H,13,14,15). The lowest BCUT2D eigenvalue weighted by Crippen LogP contribution is -2.30. The van der Waals surface area contributed by atoms with Gasteiger partial charge in [0.05, 0.1) is 0 Å². The van der Waals surface area contributed by atoms with Gasteiger partial charge in [-0.3, -0.25) is 9.89 Å². The average molecular weight is 237 g/mol. The largest absolute Gasteiger partial charge is 0.336 e. The molecule has 1 atom stereocenters. The number of rotatable bonds is 3. The fourth-order valence-corrected chi connectivity index (χ4v) is 1.98. The molecule has 1 aliphatic rings. The van der Waals surface area contributed by atoms with Gasteiger partial charge in [-0.1, -0.05) is 13.8 Å². The van der Waals surface area contributed by atoms with Crippen molar-refractivity contribution >= 4 is 5.91 Å². The van der Waals surface area contributed by atoms with E-state index in [1.165, 1.54) is 0 Å². The number of carbonyl (C=O) groups is 1. The van der Waals surface area contributed by atoms with Gasteiger partial charge in [-0.25, -0.2) is 4.98 Å². The van der Waals surface area contributed by atoms with Crippen LogP contribution in [0.1, 0.15) is 42.6 Å². The highest BCUT2D eigenvalue weighted by atomic mass is 16.2. The van der Waals surface area contributed by atoms with Crippen molar-refractivity contribution in [1.82, 2.24) is 20.1 Å². The number of carbonyl (C=O) groups excluding carboxylic acids is 1. The first-order chi connectivity index (χ1) is 8.11. The highest BCUT2D eigenvalue weighted by Gasteiger charge is 2.28. The van der Waals surface area contributed by atoms with Crippen LogP contribution in [-0.4, -0.2) is 45.6 Å². The Morgan fingerprint density at radius 3 is 2.94 bits per heavy atom. The van der Waals surface area contributed by atoms with Crippen LogP contribution in [0.3, 0.4) is 0 Å². The van der Waals surface area contributed by atoms with E-state index in [0.717, 1.165) is 25.3 Å². The Morgan fingerprint density at radius 1 is 1.65 bits per heavy atom. The summed E-state index contributed by atoms with van der Waals surface area (Å²) in [6, 6.07) is 0. The number of amides is 1. The summed E-state index contributed by atoms with van der Waals surface area (Å²) < 4.78 is 0. The van der Waals surface area contributed by atoms with Crippen molar-refractivity contribution < 1.29 is 4.79 Å². The Bertz CT molecular complexity index is 400. The fourth-order valence-electron chi connectivity index (χ4n) is 1.98. The third-order valence-corrected chi connectivity index (χ3v) is 3.15. The van der Waals surface area contributed by atoms with E-state index in [9.17, 15) is 4.79 Å². The van der Waals surface area contributed by atoms with Gasteiger partial charge >= 0.3 is 0 Å². The maximum atomic E-state index is 12.1. The van der Waals surface area contributed by atoms with Gasteiger partial charge in [0.25, 0.3) is 5.91 Å². The molecule has 94 valence electrons. The molecule has 6 nitrogen and oxygen atoms in total. The lowest BCUT2D eigenvalue weighted by Gasteiger charge is -2.13. The molecule has 6 heteroatoms. The minimum Gasteiger partial charge on any atom is -0.336 e. The molecular weight excluding hydrogens is 218 g/mol. The first-order valence-corrected chi connectivity index (χ1v) is 6.03. The number of aromatic amines is 1. The minimum atomic E-state index is -0.0934. The van der Waals surface area contributed by atoms with E-state index in [0.29, 0.717) is 12.5 Å². The first-order valence-electron chi connectivity index (χ1n) is 6.03. The number of hydrogen-bond donors (Lipinski definition) is 2. The van der Waals surface area contributed by atoms with Gasteiger partial charge in [0.1, 0.15) is 5.82 Å². The Labute approximate surface area is 101 Å². The van der Waals surface area contributed by atoms with E-state index in [2.05, 4.69) is 15.2 Å². The zero-order chi connectivity index (χ0) is 12.4. The van der Waals surface area contributed by atoms with Gasteiger partial charge < -0.3 is 10.6 Å². The summed E-state index contributed by atoms with van der Waals surface area (Å²) in [5.41, 5.74) is 5.60. The second kappa shape index (κ2) is 4.83. The van der Waals surface area contributed by atoms with Gasteiger partial charge in [-0.2, -0.15) is 0 Å². The summed E-state index contributed by atoms with van der Waals surface area (Å²) in [5.74, 6) is 1.60. The molecule has 0 saturated carbocycles. The average Bonchev–Trinajstić information content (AvgIpc) is 2.97. The molecule has 0 aromatic carbocycles. The van der Waals surface area contributed by atoms with Crippen LogP contribution in [0.25, 0.3) is 0 Å². The molecule has 1 aliphatic heterocycles. The topological polar surface area (TPSA) is 87.9 Å². The van der Waals surface area contributed by atoms with Crippen LogP contribution >= 0.6 is 0 Å². The summed E-state index contributed by atoms with van der Waals surface area (Å²) in [5, 5.41) is 6.78. The lowest BCUT2D eigenvalue weighted by molar-refractivity contribution is 0.0776. The lowest BCUT2D eigenvalue weighted by atomic mass is 10.1. The number of nitrogens with two attached hydrogens (primary N) is 1. The van der Waals surface area contributed by atoms with Crippen molar-refractivity contribution in [1.29, 1.82) is 0 Å². The Balaban J connectivity index is 2.04. The smallest absolute Gasteiger partial charge is 0.293 e. The molecule has 1 aromatic rings. The van der Waals surface area contributed by atoms with Crippen molar-refractivity contribution in [3.63, 3.8) is 0 Å². The van der Waals surface area contributed by atoms with Gasteiger partial charge in [0, 0.05) is 19.0 Å². The summed E-state index contributed by atoms with van der Waals surface area (Å²) >= 11 is 0. The summed E-state index contributed by atoms with van der Waals surface area (Å²) in [6.07, 6.45) is 0.976. The maximum Gasteiger partial charge on any atom is 0.293 e. The molecule has 17 heavy (non-hydrogen) atoms. The molecule has 1 saturated heterocycles. The van der Waals surface area contributed by atoms with Gasteiger partial charge in [-0.15, -0.1) is 5.10 Å². The number of aromatic nitrogens is 3. The monoisotopic (exact) mass is 237 g/mol. The summed E-state index contributed by atoms with van der Waals surface area (Å²) in [4.78, 5) is 18.1. The quantitative estimate of drug-likeness (QED) is 0.794. The van der Waals surface area contributed by atoms with Crippen molar-refractivity contribution in [2.75, 3.05) is 19.6 Å². The maximum absolute atomic E-state index is 12.1. The van der Waals surface area contributed by atoms with E-state index in [4.69, 9.17) is 5.73 Å². The van der Waals surface area contributed by atoms with Crippen LogP contribution in [0, 0.1) is 5.92 Å². The van der Waals surface area contributed by atoms with Gasteiger partial charge in [0.2, 0.25) is 5.82 Å². The second-order valence-corrected chi connectivity index (χ2v) is 4.84. The zero-order valence-electron chi connectivity index (χ0n) is 10.3. The van der Waals surface area contributed by atoms with Crippen LogP contribution in [0.4, 0.5) is 0 Å². The van der Waals surface area contributed by atoms with Crippen LogP contribution in [0.2, 0.25) is 0 Å². The molecule has 1 aromatic heterocycles. The van der Waals surface area contributed by atoms with Crippen molar-refractivity contribution in [2.24, 2.45) is 11.7 Å². The predicted octanol–water partition coefficient (Wildman–Crippen LogP) is 0.349. The number of nitrogens with zero attached hydrogens (tertiary/aromatic N) is 3. The van der Waals surface area contributed by atoms with Crippen molar-refractivity contribution in [3.8, 4) is 0 Å². The van der Waals surface area contributed by atoms with Crippen LogP contribution < -0.4 is 5.73 Å². The molecule has 2 rings (SSSR count). The molecule has 0 radical (unpaired) electrons. The highest BCUT2D eigenvalue weighted by molar-refractivity contribution is 5.90. The molecule has 1 unspecified atom stereocenters. The number of H-pyrrole nitrogens is 1. The molecule has 1 amide bonds. The SMILES string of the molecule is CC(C)c1nc(C(=O)N2CCC(CN)C2)n[nH]1. The molecule has 0 spiro atoms. The minimum absolute atomic E-state index is 0.0934. The molecule has 0 aliphatic carbocycles. The van der Waals surface area contributed by atoms with E-state index in [1.807, 2.05) is 13.8 Å². The Morgan fingerprint density at radius 2 is 2.41 bits per heavy atom. The normalized spacial score (nSPS) is 20.2. The number of likely N-dealkylation sites (tertiary alicyclic amines) is 1. The molecule has 0 bridgehead atoms. The second-order valence-electron chi connectivity index (χ2n) is 4.84. The Hall–Kier alpha value is -1.43. The van der Waals surface area contributed by atoms with Crippen molar-refractivity contribution in [2.45, 2.75) is 26.2 Å². The third kappa shape index (κ3) is 2.46. The van der Waals surface area contributed by atoms with Crippen LogP contribution in [-0.2, 0) is 0 Å². The molecular formula is C11H19N5O. The molecule has 2 heterocycles. The van der Waals surface area contributed by atoms with Crippen molar-refractivity contribution in [3.05, 3.63) is 11.6 Å². The highest BCUT2D eigenvalue weighted by Crippen LogP contribution is 2.17. The number of nitrogens with one attached hydrogen (secondary N) is 1. The van der Waals surface area contributed by atoms with E-state index < -0.39 is 0 Å².